The number of nitrogens with zero attached hydrogens (tertiary/aromatic N) is 4. The Morgan fingerprint density at radius 2 is 1.93 bits per heavy atom. The summed E-state index contributed by atoms with van der Waals surface area (Å²) in [5, 5.41) is 0. The number of rotatable bonds is 4. The van der Waals surface area contributed by atoms with E-state index in [1.807, 2.05) is 13.3 Å². The molecule has 2 aliphatic rings. The molecular formula is C25H27N5. The zero-order valence-corrected chi connectivity index (χ0v) is 17.5. The minimum atomic E-state index is 0.204. The maximum atomic E-state index is 6.21. The van der Waals surface area contributed by atoms with Crippen molar-refractivity contribution in [3.8, 4) is 22.4 Å². The van der Waals surface area contributed by atoms with Crippen LogP contribution in [0.1, 0.15) is 18.9 Å². The van der Waals surface area contributed by atoms with Crippen LogP contribution in [0.2, 0.25) is 0 Å². The first-order chi connectivity index (χ1) is 14.6. The third-order valence-corrected chi connectivity index (χ3v) is 5.90. The Hall–Kier alpha value is -3.18. The van der Waals surface area contributed by atoms with Crippen LogP contribution in [0, 0.1) is 0 Å². The predicted octanol–water partition coefficient (Wildman–Crippen LogP) is 4.15. The minimum Gasteiger partial charge on any atom is -0.357 e. The average molecular weight is 398 g/mol. The Labute approximate surface area is 177 Å². The van der Waals surface area contributed by atoms with Crippen molar-refractivity contribution in [1.82, 2.24) is 9.55 Å². The van der Waals surface area contributed by atoms with Gasteiger partial charge in [0.15, 0.2) is 0 Å². The van der Waals surface area contributed by atoms with Gasteiger partial charge in [-0.05, 0) is 48.7 Å². The highest BCUT2D eigenvalue weighted by atomic mass is 15.2. The second-order valence-electron chi connectivity index (χ2n) is 8.35. The lowest BCUT2D eigenvalue weighted by molar-refractivity contribution is 0.751. The molecule has 2 aliphatic heterocycles. The lowest BCUT2D eigenvalue weighted by Gasteiger charge is -2.21. The predicted molar refractivity (Wildman–Crippen MR) is 125 cm³/mol. The molecule has 1 saturated heterocycles. The van der Waals surface area contributed by atoms with Gasteiger partial charge in [0.1, 0.15) is 5.82 Å². The van der Waals surface area contributed by atoms with Crippen LogP contribution in [0.25, 0.3) is 28.0 Å². The molecule has 2 N–H and O–H groups in total. The fourth-order valence-electron chi connectivity index (χ4n) is 4.29. The zero-order chi connectivity index (χ0) is 20.7. The van der Waals surface area contributed by atoms with E-state index in [1.54, 1.807) is 0 Å². The molecule has 2 aromatic heterocycles. The molecule has 2 atom stereocenters. The SMILES string of the molecule is CC1C=C(c2ccc(-c3cccc(-c4ccn(C)c4)c3)nc2N2CC[C@@H](N)C2)C=N1. The van der Waals surface area contributed by atoms with E-state index in [0.29, 0.717) is 0 Å². The highest BCUT2D eigenvalue weighted by Crippen LogP contribution is 2.33. The van der Waals surface area contributed by atoms with E-state index in [9.17, 15) is 0 Å². The third-order valence-electron chi connectivity index (χ3n) is 5.90. The zero-order valence-electron chi connectivity index (χ0n) is 17.5. The lowest BCUT2D eigenvalue weighted by atomic mass is 10.0. The molecule has 0 saturated carbocycles. The molecular weight excluding hydrogens is 370 g/mol. The van der Waals surface area contributed by atoms with Gasteiger partial charge in [0.05, 0.1) is 11.7 Å². The summed E-state index contributed by atoms with van der Waals surface area (Å²) < 4.78 is 2.07. The van der Waals surface area contributed by atoms with Crippen molar-refractivity contribution in [2.45, 2.75) is 25.4 Å². The quantitative estimate of drug-likeness (QED) is 0.720. The number of aromatic nitrogens is 2. The smallest absolute Gasteiger partial charge is 0.137 e. The van der Waals surface area contributed by atoms with Gasteiger partial charge >= 0.3 is 0 Å². The first-order valence-electron chi connectivity index (χ1n) is 10.6. The van der Waals surface area contributed by atoms with E-state index in [-0.39, 0.29) is 12.1 Å². The van der Waals surface area contributed by atoms with E-state index in [4.69, 9.17) is 10.7 Å². The maximum Gasteiger partial charge on any atom is 0.137 e. The molecule has 30 heavy (non-hydrogen) atoms. The summed E-state index contributed by atoms with van der Waals surface area (Å²) in [6.07, 6.45) is 9.38. The number of hydrogen-bond donors (Lipinski definition) is 1. The first-order valence-corrected chi connectivity index (χ1v) is 10.6. The van der Waals surface area contributed by atoms with E-state index in [0.717, 1.165) is 47.7 Å². The van der Waals surface area contributed by atoms with Crippen LogP contribution in [0.5, 0.6) is 0 Å². The molecule has 152 valence electrons. The molecule has 1 fully saturated rings. The summed E-state index contributed by atoms with van der Waals surface area (Å²) >= 11 is 0. The highest BCUT2D eigenvalue weighted by Gasteiger charge is 2.25. The van der Waals surface area contributed by atoms with Crippen LogP contribution in [-0.2, 0) is 7.05 Å². The second kappa shape index (κ2) is 7.58. The number of benzene rings is 1. The molecule has 5 nitrogen and oxygen atoms in total. The molecule has 0 bridgehead atoms. The molecule has 1 unspecified atom stereocenters. The monoisotopic (exact) mass is 397 g/mol. The maximum absolute atomic E-state index is 6.21. The lowest BCUT2D eigenvalue weighted by Crippen LogP contribution is -2.27. The van der Waals surface area contributed by atoms with Gasteiger partial charge in [0.25, 0.3) is 0 Å². The van der Waals surface area contributed by atoms with Crippen molar-refractivity contribution < 1.29 is 0 Å². The van der Waals surface area contributed by atoms with Crippen molar-refractivity contribution in [2.24, 2.45) is 17.8 Å². The molecule has 5 heteroatoms. The Kier molecular flexibility index (Phi) is 4.75. The number of aliphatic imine (C=N–C) groups is 1. The Balaban J connectivity index is 1.57. The van der Waals surface area contributed by atoms with Crippen LogP contribution < -0.4 is 10.6 Å². The largest absolute Gasteiger partial charge is 0.357 e. The van der Waals surface area contributed by atoms with Crippen molar-refractivity contribution in [2.75, 3.05) is 18.0 Å². The van der Waals surface area contributed by atoms with Gasteiger partial charge in [-0.2, -0.15) is 0 Å². The van der Waals surface area contributed by atoms with Gasteiger partial charge in [0.2, 0.25) is 0 Å². The summed E-state index contributed by atoms with van der Waals surface area (Å²) in [5.41, 5.74) is 13.0. The van der Waals surface area contributed by atoms with Crippen molar-refractivity contribution in [3.63, 3.8) is 0 Å². The molecule has 0 amide bonds. The molecule has 0 radical (unpaired) electrons. The van der Waals surface area contributed by atoms with Crippen molar-refractivity contribution in [1.29, 1.82) is 0 Å². The highest BCUT2D eigenvalue weighted by molar-refractivity contribution is 6.13. The minimum absolute atomic E-state index is 0.204. The molecule has 4 heterocycles. The van der Waals surface area contributed by atoms with Crippen LogP contribution in [-0.4, -0.2) is 40.9 Å². The molecule has 0 spiro atoms. The van der Waals surface area contributed by atoms with Crippen molar-refractivity contribution >= 4 is 17.6 Å². The summed E-state index contributed by atoms with van der Waals surface area (Å²) in [5.74, 6) is 1.01. The Morgan fingerprint density at radius 3 is 2.63 bits per heavy atom. The van der Waals surface area contributed by atoms with Gasteiger partial charge in [-0.1, -0.05) is 24.3 Å². The van der Waals surface area contributed by atoms with Crippen LogP contribution >= 0.6 is 0 Å². The van der Waals surface area contributed by atoms with Gasteiger partial charge in [-0.15, -0.1) is 0 Å². The van der Waals surface area contributed by atoms with Crippen LogP contribution in [0.3, 0.4) is 0 Å². The van der Waals surface area contributed by atoms with Crippen LogP contribution in [0.15, 0.2) is 65.9 Å². The van der Waals surface area contributed by atoms with E-state index < -0.39 is 0 Å². The third kappa shape index (κ3) is 3.57. The topological polar surface area (TPSA) is 59.4 Å². The number of pyridine rings is 1. The fourth-order valence-corrected chi connectivity index (χ4v) is 4.29. The van der Waals surface area contributed by atoms with Crippen molar-refractivity contribution in [3.05, 3.63) is 66.5 Å². The van der Waals surface area contributed by atoms with E-state index >= 15 is 0 Å². The summed E-state index contributed by atoms with van der Waals surface area (Å²) in [4.78, 5) is 12.0. The second-order valence-corrected chi connectivity index (χ2v) is 8.35. The first kappa shape index (κ1) is 18.8. The number of hydrogen-bond acceptors (Lipinski definition) is 4. The summed E-state index contributed by atoms with van der Waals surface area (Å²) in [7, 11) is 2.04. The molecule has 5 rings (SSSR count). The fraction of sp³-hybridized carbons (Fsp3) is 0.280. The standard InChI is InChI=1S/C25H27N5/c1-17-12-21(14-27-17)23-6-7-24(28-25(23)30-11-9-22(26)16-30)19-5-3-4-18(13-19)20-8-10-29(2)15-20/h3-8,10,12-15,17,22H,9,11,16,26H2,1-2H3/t17?,22-/m1/s1. The molecule has 0 aliphatic carbocycles. The molecule has 3 aromatic rings. The van der Waals surface area contributed by atoms with Gasteiger partial charge in [-0.3, -0.25) is 4.99 Å². The average Bonchev–Trinajstić information content (AvgIpc) is 3.49. The summed E-state index contributed by atoms with van der Waals surface area (Å²) in [6, 6.07) is 15.5. The normalized spacial score (nSPS) is 20.8. The summed E-state index contributed by atoms with van der Waals surface area (Å²) in [6.45, 7) is 3.88. The van der Waals surface area contributed by atoms with Gasteiger partial charge in [-0.25, -0.2) is 4.98 Å². The van der Waals surface area contributed by atoms with E-state index in [1.165, 1.54) is 11.1 Å². The Bertz CT molecular complexity index is 1140. The van der Waals surface area contributed by atoms with E-state index in [2.05, 4.69) is 82.3 Å². The number of allylic oxidation sites excluding steroid dienone is 1. The van der Waals surface area contributed by atoms with Crippen LogP contribution in [0.4, 0.5) is 5.82 Å². The number of aryl methyl sites for hydroxylation is 1. The number of anilines is 1. The Morgan fingerprint density at radius 1 is 1.07 bits per heavy atom. The van der Waals surface area contributed by atoms with Gasteiger partial charge in [0, 0.05) is 61.5 Å². The van der Waals surface area contributed by atoms with Gasteiger partial charge < -0.3 is 15.2 Å². The molecule has 1 aromatic carbocycles. The number of nitrogens with two attached hydrogens (primary N) is 1.